The van der Waals surface area contributed by atoms with Crippen molar-refractivity contribution in [2.24, 2.45) is 0 Å². The van der Waals surface area contributed by atoms with Gasteiger partial charge in [-0.1, -0.05) is 72.8 Å². The van der Waals surface area contributed by atoms with Gasteiger partial charge in [0.15, 0.2) is 0 Å². The molecule has 0 aliphatic heterocycles. The average Bonchev–Trinajstić information content (AvgIpc) is 3.16. The van der Waals surface area contributed by atoms with Gasteiger partial charge < -0.3 is 14.4 Å². The molecule has 5 rings (SSSR count). The minimum Gasteiger partial charge on any atom is -0.490 e. The van der Waals surface area contributed by atoms with Crippen LogP contribution in [-0.2, 0) is 13.0 Å². The van der Waals surface area contributed by atoms with Crippen LogP contribution in [0, 0.1) is 0 Å². The molecule has 0 fully saturated rings. The normalized spacial score (nSPS) is 12.3. The van der Waals surface area contributed by atoms with E-state index in [0.717, 1.165) is 37.9 Å². The number of para-hydroxylation sites is 2. The lowest BCUT2D eigenvalue weighted by atomic mass is 10.1. The fraction of sp³-hybridized carbons (Fsp3) is 0.148. The molecular formula is C27H23BrN2O2. The summed E-state index contributed by atoms with van der Waals surface area (Å²) in [7, 11) is 0. The van der Waals surface area contributed by atoms with Gasteiger partial charge in [0.1, 0.15) is 24.3 Å². The highest BCUT2D eigenvalue weighted by atomic mass is 79.9. The van der Waals surface area contributed by atoms with E-state index in [1.807, 2.05) is 66.7 Å². The summed E-state index contributed by atoms with van der Waals surface area (Å²) in [5.41, 5.74) is 3.14. The third-order valence-corrected chi connectivity index (χ3v) is 6.41. The Morgan fingerprint density at radius 2 is 1.62 bits per heavy atom. The van der Waals surface area contributed by atoms with Gasteiger partial charge in [-0.2, -0.15) is 0 Å². The van der Waals surface area contributed by atoms with Crippen molar-refractivity contribution < 1.29 is 9.84 Å². The Morgan fingerprint density at radius 3 is 2.50 bits per heavy atom. The van der Waals surface area contributed by atoms with E-state index in [1.165, 1.54) is 5.56 Å². The first-order valence-electron chi connectivity index (χ1n) is 10.7. The van der Waals surface area contributed by atoms with Gasteiger partial charge in [0.2, 0.25) is 0 Å². The summed E-state index contributed by atoms with van der Waals surface area (Å²) in [4.78, 5) is 4.83. The van der Waals surface area contributed by atoms with Crippen molar-refractivity contribution in [3.05, 3.63) is 107 Å². The highest BCUT2D eigenvalue weighted by Gasteiger charge is 2.16. The van der Waals surface area contributed by atoms with Crippen molar-refractivity contribution in [2.75, 3.05) is 6.61 Å². The standard InChI is InChI=1S/C27H23BrN2O2/c28-27-22-11-5-4-10-20(22)14-15-25(27)32-18-21(31)17-30-24-13-7-6-12-23(24)29-26(30)16-19-8-2-1-3-9-19/h1-15,21,31H,16-18H2/t21-/m1/s1. The van der Waals surface area contributed by atoms with Gasteiger partial charge in [-0.3, -0.25) is 0 Å². The van der Waals surface area contributed by atoms with Crippen LogP contribution in [0.5, 0.6) is 5.75 Å². The topological polar surface area (TPSA) is 47.3 Å². The molecule has 0 amide bonds. The summed E-state index contributed by atoms with van der Waals surface area (Å²) in [6.07, 6.45) is 0.0276. The Balaban J connectivity index is 1.36. The Morgan fingerprint density at radius 1 is 0.875 bits per heavy atom. The number of ether oxygens (including phenoxy) is 1. The van der Waals surface area contributed by atoms with Crippen molar-refractivity contribution >= 4 is 37.7 Å². The number of halogens is 1. The van der Waals surface area contributed by atoms with Crippen molar-refractivity contribution in [3.8, 4) is 5.75 Å². The Hall–Kier alpha value is -3.15. The van der Waals surface area contributed by atoms with E-state index >= 15 is 0 Å². The van der Waals surface area contributed by atoms with E-state index in [0.29, 0.717) is 13.0 Å². The zero-order chi connectivity index (χ0) is 21.9. The molecule has 32 heavy (non-hydrogen) atoms. The van der Waals surface area contributed by atoms with E-state index in [2.05, 4.69) is 44.8 Å². The summed E-state index contributed by atoms with van der Waals surface area (Å²) in [5.74, 6) is 1.66. The van der Waals surface area contributed by atoms with Gasteiger partial charge in [-0.25, -0.2) is 4.98 Å². The number of aromatic nitrogens is 2. The first-order valence-corrected chi connectivity index (χ1v) is 11.4. The minimum absolute atomic E-state index is 0.189. The number of fused-ring (bicyclic) bond motifs is 2. The molecule has 0 aliphatic rings. The predicted octanol–water partition coefficient (Wildman–Crippen LogP) is 5.98. The number of rotatable bonds is 7. The van der Waals surface area contributed by atoms with Crippen LogP contribution in [0.2, 0.25) is 0 Å². The van der Waals surface area contributed by atoms with Crippen LogP contribution in [0.15, 0.2) is 95.5 Å². The number of imidazole rings is 1. The maximum atomic E-state index is 10.8. The Bertz CT molecular complexity index is 1360. The van der Waals surface area contributed by atoms with Crippen molar-refractivity contribution in [1.82, 2.24) is 9.55 Å². The molecule has 0 saturated carbocycles. The maximum Gasteiger partial charge on any atom is 0.134 e. The molecule has 1 N–H and O–H groups in total. The zero-order valence-electron chi connectivity index (χ0n) is 17.5. The lowest BCUT2D eigenvalue weighted by Crippen LogP contribution is -2.24. The number of aliphatic hydroxyl groups is 1. The highest BCUT2D eigenvalue weighted by molar-refractivity contribution is 9.10. The summed E-state index contributed by atoms with van der Waals surface area (Å²) >= 11 is 3.65. The van der Waals surface area contributed by atoms with Gasteiger partial charge in [0.25, 0.3) is 0 Å². The quantitative estimate of drug-likeness (QED) is 0.307. The summed E-state index contributed by atoms with van der Waals surface area (Å²) < 4.78 is 9.00. The molecule has 1 heterocycles. The molecule has 4 nitrogen and oxygen atoms in total. The van der Waals surface area contributed by atoms with E-state index in [4.69, 9.17) is 9.72 Å². The van der Waals surface area contributed by atoms with Crippen LogP contribution in [0.4, 0.5) is 0 Å². The minimum atomic E-state index is -0.680. The van der Waals surface area contributed by atoms with Gasteiger partial charge in [-0.05, 0) is 50.5 Å². The van der Waals surface area contributed by atoms with Crippen LogP contribution in [0.1, 0.15) is 11.4 Å². The fourth-order valence-electron chi connectivity index (χ4n) is 4.02. The molecule has 0 bridgehead atoms. The van der Waals surface area contributed by atoms with E-state index < -0.39 is 6.10 Å². The SMILES string of the molecule is O[C@@H](COc1ccc2ccccc2c1Br)Cn1c(Cc2ccccc2)nc2ccccc21. The highest BCUT2D eigenvalue weighted by Crippen LogP contribution is 2.33. The fourth-order valence-corrected chi connectivity index (χ4v) is 4.62. The predicted molar refractivity (Wildman–Crippen MR) is 132 cm³/mol. The molecule has 0 aliphatic carbocycles. The average molecular weight is 487 g/mol. The zero-order valence-corrected chi connectivity index (χ0v) is 19.1. The van der Waals surface area contributed by atoms with E-state index in [-0.39, 0.29) is 6.61 Å². The van der Waals surface area contributed by atoms with Gasteiger partial charge >= 0.3 is 0 Å². The third-order valence-electron chi connectivity index (χ3n) is 5.59. The first kappa shape index (κ1) is 20.7. The molecular weight excluding hydrogens is 464 g/mol. The van der Waals surface area contributed by atoms with Crippen LogP contribution in [0.25, 0.3) is 21.8 Å². The molecule has 0 saturated heterocycles. The number of nitrogens with zero attached hydrogens (tertiary/aromatic N) is 2. The Labute approximate surface area is 195 Å². The smallest absolute Gasteiger partial charge is 0.134 e. The van der Waals surface area contributed by atoms with Crippen molar-refractivity contribution in [1.29, 1.82) is 0 Å². The van der Waals surface area contributed by atoms with E-state index in [1.54, 1.807) is 0 Å². The second kappa shape index (κ2) is 9.15. The number of hydrogen-bond acceptors (Lipinski definition) is 3. The lowest BCUT2D eigenvalue weighted by molar-refractivity contribution is 0.0925. The van der Waals surface area contributed by atoms with Crippen LogP contribution in [-0.4, -0.2) is 27.4 Å². The second-order valence-corrected chi connectivity index (χ2v) is 8.65. The molecule has 1 atom stereocenters. The molecule has 1 aromatic heterocycles. The maximum absolute atomic E-state index is 10.8. The molecule has 160 valence electrons. The first-order chi connectivity index (χ1) is 15.7. The van der Waals surface area contributed by atoms with Crippen molar-refractivity contribution in [3.63, 3.8) is 0 Å². The monoisotopic (exact) mass is 486 g/mol. The molecule has 0 unspecified atom stereocenters. The molecule has 4 aromatic carbocycles. The second-order valence-electron chi connectivity index (χ2n) is 7.85. The van der Waals surface area contributed by atoms with Gasteiger partial charge in [0.05, 0.1) is 22.1 Å². The summed E-state index contributed by atoms with van der Waals surface area (Å²) in [6.45, 7) is 0.599. The van der Waals surface area contributed by atoms with Crippen LogP contribution < -0.4 is 4.74 Å². The molecule has 0 radical (unpaired) electrons. The van der Waals surface area contributed by atoms with Crippen LogP contribution >= 0.6 is 15.9 Å². The summed E-state index contributed by atoms with van der Waals surface area (Å²) in [5, 5.41) is 13.1. The van der Waals surface area contributed by atoms with Crippen LogP contribution in [0.3, 0.4) is 0 Å². The molecule has 5 aromatic rings. The number of benzene rings is 4. The number of aliphatic hydroxyl groups excluding tert-OH is 1. The largest absolute Gasteiger partial charge is 0.490 e. The van der Waals surface area contributed by atoms with Gasteiger partial charge in [0, 0.05) is 6.42 Å². The number of hydrogen-bond donors (Lipinski definition) is 1. The molecule has 5 heteroatoms. The van der Waals surface area contributed by atoms with E-state index in [9.17, 15) is 5.11 Å². The molecule has 0 spiro atoms. The van der Waals surface area contributed by atoms with Gasteiger partial charge in [-0.15, -0.1) is 0 Å². The Kier molecular flexibility index (Phi) is 5.93. The third kappa shape index (κ3) is 4.27. The lowest BCUT2D eigenvalue weighted by Gasteiger charge is -2.17. The summed E-state index contributed by atoms with van der Waals surface area (Å²) in [6, 6.07) is 30.4. The van der Waals surface area contributed by atoms with Crippen molar-refractivity contribution in [2.45, 2.75) is 19.1 Å².